The van der Waals surface area contributed by atoms with Crippen molar-refractivity contribution in [2.24, 2.45) is 0 Å². The Morgan fingerprint density at radius 3 is 2.54 bits per heavy atom. The molecule has 2 aromatic carbocycles. The molecule has 0 saturated carbocycles. The maximum absolute atomic E-state index is 13.9. The highest BCUT2D eigenvalue weighted by Crippen LogP contribution is 2.32. The van der Waals surface area contributed by atoms with Crippen molar-refractivity contribution < 1.29 is 17.6 Å². The number of hydrogen-bond donors (Lipinski definition) is 1. The maximum atomic E-state index is 13.9. The van der Waals surface area contributed by atoms with Crippen LogP contribution < -0.4 is 4.83 Å². The monoisotopic (exact) mass is 428 g/mol. The van der Waals surface area contributed by atoms with Crippen molar-refractivity contribution in [1.82, 2.24) is 9.84 Å². The molecule has 0 spiro atoms. The summed E-state index contributed by atoms with van der Waals surface area (Å²) in [5, 5.41) is 0.977. The van der Waals surface area contributed by atoms with Gasteiger partial charge in [0.05, 0.1) is 9.80 Å². The first-order valence-electron chi connectivity index (χ1n) is 7.08. The van der Waals surface area contributed by atoms with Gasteiger partial charge in [0.1, 0.15) is 5.82 Å². The van der Waals surface area contributed by atoms with Gasteiger partial charge in [-0.15, -0.1) is 4.83 Å². The van der Waals surface area contributed by atoms with Crippen LogP contribution in [0, 0.1) is 5.82 Å². The predicted octanol–water partition coefficient (Wildman–Crippen LogP) is 3.57. The molecule has 0 aliphatic carbocycles. The van der Waals surface area contributed by atoms with Gasteiger partial charge in [0.25, 0.3) is 15.9 Å². The molecule has 134 valence electrons. The number of hydrazine groups is 1. The summed E-state index contributed by atoms with van der Waals surface area (Å²) in [6, 6.07) is 11.6. The quantitative estimate of drug-likeness (QED) is 0.595. The fraction of sp³-hybridized carbons (Fsp3) is 0. The molecule has 1 heterocycles. The third kappa shape index (κ3) is 3.97. The number of carbonyl (C=O) groups is 1. The van der Waals surface area contributed by atoms with Crippen molar-refractivity contribution in [2.75, 3.05) is 0 Å². The molecular weight excluding hydrogens is 419 g/mol. The fourth-order valence-electron chi connectivity index (χ4n) is 2.08. The third-order valence-corrected chi connectivity index (χ3v) is 6.16. The molecule has 0 radical (unpaired) electrons. The lowest BCUT2D eigenvalue weighted by Crippen LogP contribution is -2.44. The van der Waals surface area contributed by atoms with Gasteiger partial charge in [-0.2, -0.15) is 0 Å². The van der Waals surface area contributed by atoms with E-state index in [4.69, 9.17) is 23.8 Å². The standard InChI is InChI=1S/C16H10ClFN2O3S3/c17-11-7-6-10(13(18)9-11)8-14-15(21)20(16(24)25-14)19-26(22,23)12-4-2-1-3-5-12/h1-9,19H/b14-8+. The average Bonchev–Trinajstić information content (AvgIpc) is 2.85. The molecule has 0 aromatic heterocycles. The molecule has 1 aliphatic heterocycles. The van der Waals surface area contributed by atoms with Crippen LogP contribution >= 0.6 is 35.6 Å². The number of rotatable bonds is 4. The molecular formula is C16H10ClFN2O3S3. The van der Waals surface area contributed by atoms with Gasteiger partial charge < -0.3 is 0 Å². The van der Waals surface area contributed by atoms with E-state index in [-0.39, 0.29) is 24.7 Å². The van der Waals surface area contributed by atoms with E-state index in [2.05, 4.69) is 4.83 Å². The van der Waals surface area contributed by atoms with Crippen LogP contribution in [-0.2, 0) is 14.8 Å². The largest absolute Gasteiger partial charge is 0.281 e. The van der Waals surface area contributed by atoms with E-state index in [0.29, 0.717) is 0 Å². The third-order valence-electron chi connectivity index (χ3n) is 3.31. The van der Waals surface area contributed by atoms with Crippen LogP contribution in [0.15, 0.2) is 58.3 Å². The van der Waals surface area contributed by atoms with Crippen LogP contribution in [0.2, 0.25) is 5.02 Å². The molecule has 10 heteroatoms. The molecule has 0 atom stereocenters. The van der Waals surface area contributed by atoms with Gasteiger partial charge >= 0.3 is 0 Å². The number of amides is 1. The number of sulfonamides is 1. The topological polar surface area (TPSA) is 66.5 Å². The second kappa shape index (κ2) is 7.45. The molecule has 1 aliphatic rings. The van der Waals surface area contributed by atoms with Crippen LogP contribution in [-0.4, -0.2) is 23.7 Å². The first-order chi connectivity index (χ1) is 12.3. The van der Waals surface area contributed by atoms with Gasteiger partial charge in [0.2, 0.25) is 0 Å². The Balaban J connectivity index is 1.86. The fourth-order valence-corrected chi connectivity index (χ4v) is 4.56. The number of hydrogen-bond acceptors (Lipinski definition) is 5. The van der Waals surface area contributed by atoms with Crippen molar-refractivity contribution >= 4 is 61.9 Å². The number of thioether (sulfide) groups is 1. The Bertz CT molecular complexity index is 1030. The molecule has 1 N–H and O–H groups in total. The van der Waals surface area contributed by atoms with E-state index in [9.17, 15) is 17.6 Å². The maximum Gasteiger partial charge on any atom is 0.281 e. The summed E-state index contributed by atoms with van der Waals surface area (Å²) >= 11 is 11.6. The van der Waals surface area contributed by atoms with Crippen LogP contribution in [0.4, 0.5) is 4.39 Å². The summed E-state index contributed by atoms with van der Waals surface area (Å²) in [4.78, 5) is 14.7. The molecule has 1 amide bonds. The summed E-state index contributed by atoms with van der Waals surface area (Å²) in [7, 11) is -3.98. The normalized spacial score (nSPS) is 16.5. The highest BCUT2D eigenvalue weighted by atomic mass is 35.5. The lowest BCUT2D eigenvalue weighted by molar-refractivity contribution is -0.123. The van der Waals surface area contributed by atoms with Crippen LogP contribution in [0.3, 0.4) is 0 Å². The van der Waals surface area contributed by atoms with E-state index >= 15 is 0 Å². The zero-order valence-electron chi connectivity index (χ0n) is 12.8. The van der Waals surface area contributed by atoms with Crippen molar-refractivity contribution in [2.45, 2.75) is 4.90 Å². The highest BCUT2D eigenvalue weighted by molar-refractivity contribution is 8.26. The van der Waals surface area contributed by atoms with Gasteiger partial charge in [-0.05, 0) is 30.3 Å². The lowest BCUT2D eigenvalue weighted by atomic mass is 10.2. The summed E-state index contributed by atoms with van der Waals surface area (Å²) in [6.07, 6.45) is 1.29. The molecule has 1 fully saturated rings. The SMILES string of the molecule is O=C1/C(=C\c2ccc(Cl)cc2F)SC(=S)N1NS(=O)(=O)c1ccccc1. The minimum Gasteiger partial charge on any atom is -0.267 e. The first kappa shape index (κ1) is 19.0. The smallest absolute Gasteiger partial charge is 0.267 e. The molecule has 1 saturated heterocycles. The van der Waals surface area contributed by atoms with Crippen molar-refractivity contribution in [1.29, 1.82) is 0 Å². The van der Waals surface area contributed by atoms with E-state index in [1.54, 1.807) is 18.2 Å². The highest BCUT2D eigenvalue weighted by Gasteiger charge is 2.35. The van der Waals surface area contributed by atoms with E-state index in [1.807, 2.05) is 0 Å². The van der Waals surface area contributed by atoms with Gasteiger partial charge in [0.15, 0.2) is 4.32 Å². The second-order valence-corrected chi connectivity index (χ2v) is 8.86. The van der Waals surface area contributed by atoms with Crippen LogP contribution in [0.25, 0.3) is 6.08 Å². The van der Waals surface area contributed by atoms with Crippen molar-refractivity contribution in [3.05, 3.63) is 69.8 Å². The number of benzene rings is 2. The number of nitrogens with zero attached hydrogens (tertiary/aromatic N) is 1. The zero-order chi connectivity index (χ0) is 18.9. The zero-order valence-corrected chi connectivity index (χ0v) is 16.1. The van der Waals surface area contributed by atoms with E-state index in [0.717, 1.165) is 22.8 Å². The van der Waals surface area contributed by atoms with Crippen molar-refractivity contribution in [3.63, 3.8) is 0 Å². The lowest BCUT2D eigenvalue weighted by Gasteiger charge is -2.15. The number of halogens is 2. The van der Waals surface area contributed by atoms with E-state index < -0.39 is 21.7 Å². The Hall–Kier alpha value is -1.78. The Morgan fingerprint density at radius 1 is 1.19 bits per heavy atom. The summed E-state index contributed by atoms with van der Waals surface area (Å²) in [5.41, 5.74) is 0.140. The molecule has 5 nitrogen and oxygen atoms in total. The number of carbonyl (C=O) groups excluding carboxylic acids is 1. The minimum absolute atomic E-state index is 0.00451. The molecule has 0 unspecified atom stereocenters. The van der Waals surface area contributed by atoms with E-state index in [1.165, 1.54) is 30.3 Å². The Kier molecular flexibility index (Phi) is 5.44. The molecule has 2 aromatic rings. The Labute approximate surface area is 163 Å². The summed E-state index contributed by atoms with van der Waals surface area (Å²) < 4.78 is 38.6. The van der Waals surface area contributed by atoms with Gasteiger partial charge in [0, 0.05) is 10.6 Å². The molecule has 0 bridgehead atoms. The number of nitrogens with one attached hydrogen (secondary N) is 1. The van der Waals surface area contributed by atoms with Crippen LogP contribution in [0.1, 0.15) is 5.56 Å². The molecule has 26 heavy (non-hydrogen) atoms. The van der Waals surface area contributed by atoms with Gasteiger partial charge in [-0.25, -0.2) is 17.8 Å². The van der Waals surface area contributed by atoms with Gasteiger partial charge in [-0.3, -0.25) is 4.79 Å². The van der Waals surface area contributed by atoms with Crippen LogP contribution in [0.5, 0.6) is 0 Å². The molecule has 3 rings (SSSR count). The minimum atomic E-state index is -3.98. The summed E-state index contributed by atoms with van der Waals surface area (Å²) in [6.45, 7) is 0. The van der Waals surface area contributed by atoms with Crippen molar-refractivity contribution in [3.8, 4) is 0 Å². The van der Waals surface area contributed by atoms with Gasteiger partial charge in [-0.1, -0.05) is 59.8 Å². The summed E-state index contributed by atoms with van der Waals surface area (Å²) in [5.74, 6) is -1.29. The average molecular weight is 429 g/mol. The predicted molar refractivity (Wildman–Crippen MR) is 103 cm³/mol. The Morgan fingerprint density at radius 2 is 1.88 bits per heavy atom. The first-order valence-corrected chi connectivity index (χ1v) is 10.2. The second-order valence-electron chi connectivity index (χ2n) is 5.09. The number of thiocarbonyl (C=S) groups is 1.